The molecule has 2 saturated heterocycles. The minimum atomic E-state index is -0.505. The van der Waals surface area contributed by atoms with Crippen LogP contribution in [-0.2, 0) is 14.3 Å². The minimum Gasteiger partial charge on any atom is -0.379 e. The summed E-state index contributed by atoms with van der Waals surface area (Å²) in [6.45, 7) is 5.58. The normalized spacial score (nSPS) is 22.8. The fourth-order valence-electron chi connectivity index (χ4n) is 3.03. The zero-order valence-corrected chi connectivity index (χ0v) is 13.7. The Morgan fingerprint density at radius 1 is 1.21 bits per heavy atom. The van der Waals surface area contributed by atoms with Crippen LogP contribution in [0.3, 0.4) is 0 Å². The maximum atomic E-state index is 12.5. The van der Waals surface area contributed by atoms with Gasteiger partial charge in [-0.05, 0) is 18.6 Å². The van der Waals surface area contributed by atoms with Gasteiger partial charge < -0.3 is 14.4 Å². The van der Waals surface area contributed by atoms with Crippen LogP contribution in [0.15, 0.2) is 24.5 Å². The lowest BCUT2D eigenvalue weighted by molar-refractivity contribution is -0.127. The van der Waals surface area contributed by atoms with Crippen LogP contribution in [-0.4, -0.2) is 85.1 Å². The lowest BCUT2D eigenvalue weighted by Crippen LogP contribution is -2.47. The van der Waals surface area contributed by atoms with Crippen LogP contribution in [0.25, 0.3) is 0 Å². The summed E-state index contributed by atoms with van der Waals surface area (Å²) in [6.07, 6.45) is 3.68. The number of Topliss-reactive ketones (excluding diaryl/α,β-unsaturated/α-hetero) is 1. The lowest BCUT2D eigenvalue weighted by Gasteiger charge is -2.31. The highest BCUT2D eigenvalue weighted by Crippen LogP contribution is 2.11. The van der Waals surface area contributed by atoms with E-state index in [2.05, 4.69) is 9.88 Å². The molecule has 0 aromatic carbocycles. The Labute approximate surface area is 141 Å². The number of aromatic nitrogens is 1. The molecule has 0 radical (unpaired) electrons. The highest BCUT2D eigenvalue weighted by atomic mass is 16.5. The van der Waals surface area contributed by atoms with Crippen molar-refractivity contribution in [1.82, 2.24) is 14.8 Å². The average molecular weight is 333 g/mol. The Balaban J connectivity index is 1.61. The van der Waals surface area contributed by atoms with E-state index in [1.54, 1.807) is 23.2 Å². The van der Waals surface area contributed by atoms with E-state index in [0.29, 0.717) is 25.3 Å². The number of rotatable bonds is 4. The van der Waals surface area contributed by atoms with Crippen LogP contribution in [0.4, 0.5) is 0 Å². The van der Waals surface area contributed by atoms with E-state index < -0.39 is 11.7 Å². The number of pyridine rings is 1. The number of morpholine rings is 1. The Bertz CT molecular complexity index is 560. The first-order valence-electron chi connectivity index (χ1n) is 8.39. The molecule has 0 bridgehead atoms. The quantitative estimate of drug-likeness (QED) is 0.580. The number of hydrogen-bond donors (Lipinski definition) is 0. The molecule has 0 saturated carbocycles. The predicted octanol–water partition coefficient (Wildman–Crippen LogP) is 0.214. The summed E-state index contributed by atoms with van der Waals surface area (Å²) in [5.41, 5.74) is 0.331. The van der Waals surface area contributed by atoms with Gasteiger partial charge in [-0.2, -0.15) is 0 Å². The molecule has 1 aromatic heterocycles. The van der Waals surface area contributed by atoms with Crippen molar-refractivity contribution in [2.24, 2.45) is 0 Å². The molecule has 3 heterocycles. The maximum absolute atomic E-state index is 12.5. The maximum Gasteiger partial charge on any atom is 0.295 e. The van der Waals surface area contributed by atoms with Gasteiger partial charge in [0.2, 0.25) is 0 Å². The Hall–Kier alpha value is -1.83. The number of ether oxygens (including phenoxy) is 2. The SMILES string of the molecule is O=C(C(=O)N1CCCOC(CN2CCOCC2)C1)c1cccnc1. The molecule has 0 spiro atoms. The molecule has 3 rings (SSSR count). The first-order chi connectivity index (χ1) is 11.7. The molecule has 7 heteroatoms. The van der Waals surface area contributed by atoms with Gasteiger partial charge in [0.1, 0.15) is 0 Å². The molecule has 7 nitrogen and oxygen atoms in total. The van der Waals surface area contributed by atoms with Crippen LogP contribution >= 0.6 is 0 Å². The van der Waals surface area contributed by atoms with Crippen molar-refractivity contribution in [3.8, 4) is 0 Å². The Morgan fingerprint density at radius 2 is 2.04 bits per heavy atom. The lowest BCUT2D eigenvalue weighted by atomic mass is 10.1. The topological polar surface area (TPSA) is 72.0 Å². The minimum absolute atomic E-state index is 0.0729. The van der Waals surface area contributed by atoms with Gasteiger partial charge in [-0.15, -0.1) is 0 Å². The molecule has 24 heavy (non-hydrogen) atoms. The van der Waals surface area contributed by atoms with Gasteiger partial charge in [-0.3, -0.25) is 19.5 Å². The van der Waals surface area contributed by atoms with Crippen LogP contribution < -0.4 is 0 Å². The zero-order chi connectivity index (χ0) is 16.8. The highest BCUT2D eigenvalue weighted by molar-refractivity contribution is 6.42. The summed E-state index contributed by atoms with van der Waals surface area (Å²) in [4.78, 5) is 32.7. The van der Waals surface area contributed by atoms with E-state index in [1.807, 2.05) is 0 Å². The monoisotopic (exact) mass is 333 g/mol. The van der Waals surface area contributed by atoms with Crippen LogP contribution in [0.1, 0.15) is 16.8 Å². The predicted molar refractivity (Wildman–Crippen MR) is 86.8 cm³/mol. The standard InChI is InChI=1S/C17H23N3O4/c21-16(14-3-1-4-18-11-14)17(22)20-5-2-8-24-15(13-20)12-19-6-9-23-10-7-19/h1,3-4,11,15H,2,5-10,12-13H2. The first-order valence-corrected chi connectivity index (χ1v) is 8.39. The Kier molecular flexibility index (Phi) is 5.90. The van der Waals surface area contributed by atoms with Gasteiger partial charge in [-0.1, -0.05) is 0 Å². The molecule has 2 aliphatic rings. The molecule has 1 aromatic rings. The van der Waals surface area contributed by atoms with Crippen molar-refractivity contribution < 1.29 is 19.1 Å². The van der Waals surface area contributed by atoms with E-state index in [9.17, 15) is 9.59 Å². The second-order valence-electron chi connectivity index (χ2n) is 6.08. The molecule has 0 N–H and O–H groups in total. The van der Waals surface area contributed by atoms with E-state index in [4.69, 9.17) is 9.47 Å². The average Bonchev–Trinajstić information content (AvgIpc) is 2.87. The molecule has 1 amide bonds. The van der Waals surface area contributed by atoms with Crippen molar-refractivity contribution in [3.63, 3.8) is 0 Å². The number of amides is 1. The van der Waals surface area contributed by atoms with Crippen molar-refractivity contribution >= 4 is 11.7 Å². The number of hydrogen-bond acceptors (Lipinski definition) is 6. The number of ketones is 1. The van der Waals surface area contributed by atoms with Gasteiger partial charge >= 0.3 is 0 Å². The summed E-state index contributed by atoms with van der Waals surface area (Å²) in [5.74, 6) is -0.976. The fourth-order valence-corrected chi connectivity index (χ4v) is 3.03. The number of nitrogens with zero attached hydrogens (tertiary/aromatic N) is 3. The number of carbonyl (C=O) groups is 2. The summed E-state index contributed by atoms with van der Waals surface area (Å²) >= 11 is 0. The van der Waals surface area contributed by atoms with Gasteiger partial charge in [-0.25, -0.2) is 0 Å². The molecule has 2 fully saturated rings. The largest absolute Gasteiger partial charge is 0.379 e. The molecular weight excluding hydrogens is 310 g/mol. The molecular formula is C17H23N3O4. The third-order valence-corrected chi connectivity index (χ3v) is 4.32. The molecule has 130 valence electrons. The van der Waals surface area contributed by atoms with Gasteiger partial charge in [0.05, 0.1) is 19.3 Å². The molecule has 1 atom stereocenters. The van der Waals surface area contributed by atoms with Crippen LogP contribution in [0.5, 0.6) is 0 Å². The van der Waals surface area contributed by atoms with E-state index in [0.717, 1.165) is 39.3 Å². The number of carbonyl (C=O) groups excluding carboxylic acids is 2. The van der Waals surface area contributed by atoms with E-state index in [1.165, 1.54) is 6.20 Å². The van der Waals surface area contributed by atoms with Crippen molar-refractivity contribution in [2.75, 3.05) is 52.5 Å². The van der Waals surface area contributed by atoms with E-state index in [-0.39, 0.29) is 6.10 Å². The van der Waals surface area contributed by atoms with Crippen molar-refractivity contribution in [1.29, 1.82) is 0 Å². The summed E-state index contributed by atoms with van der Waals surface area (Å²) in [5, 5.41) is 0. The fraction of sp³-hybridized carbons (Fsp3) is 0.588. The molecule has 2 aliphatic heterocycles. The second-order valence-corrected chi connectivity index (χ2v) is 6.08. The summed E-state index contributed by atoms with van der Waals surface area (Å²) < 4.78 is 11.2. The third-order valence-electron chi connectivity index (χ3n) is 4.32. The van der Waals surface area contributed by atoms with Crippen LogP contribution in [0.2, 0.25) is 0 Å². The highest BCUT2D eigenvalue weighted by Gasteiger charge is 2.29. The van der Waals surface area contributed by atoms with Gasteiger partial charge in [0, 0.05) is 57.3 Å². The van der Waals surface area contributed by atoms with Crippen molar-refractivity contribution in [2.45, 2.75) is 12.5 Å². The first kappa shape index (κ1) is 17.0. The van der Waals surface area contributed by atoms with Crippen molar-refractivity contribution in [3.05, 3.63) is 30.1 Å². The molecule has 1 unspecified atom stereocenters. The Morgan fingerprint density at radius 3 is 2.79 bits per heavy atom. The van der Waals surface area contributed by atoms with Gasteiger partial charge in [0.25, 0.3) is 11.7 Å². The van der Waals surface area contributed by atoms with E-state index >= 15 is 0 Å². The molecule has 0 aliphatic carbocycles. The smallest absolute Gasteiger partial charge is 0.295 e. The van der Waals surface area contributed by atoms with Crippen LogP contribution in [0, 0.1) is 0 Å². The second kappa shape index (κ2) is 8.32. The summed E-state index contributed by atoms with van der Waals surface area (Å²) in [6, 6.07) is 3.28. The summed E-state index contributed by atoms with van der Waals surface area (Å²) in [7, 11) is 0. The zero-order valence-electron chi connectivity index (χ0n) is 13.7. The van der Waals surface area contributed by atoms with Gasteiger partial charge in [0.15, 0.2) is 0 Å². The third kappa shape index (κ3) is 4.37.